The summed E-state index contributed by atoms with van der Waals surface area (Å²) in [4.78, 5) is 38.5. The molecule has 0 radical (unpaired) electrons. The second kappa shape index (κ2) is 69.9. The van der Waals surface area contributed by atoms with Gasteiger partial charge in [0.1, 0.15) is 13.2 Å². The third-order valence-electron chi connectivity index (χ3n) is 16.3. The van der Waals surface area contributed by atoms with Crippen LogP contribution in [0.1, 0.15) is 393 Å². The fourth-order valence-electron chi connectivity index (χ4n) is 11.0. The molecule has 1 unspecified atom stereocenters. The molecule has 0 fully saturated rings. The monoisotopic (exact) mass is 1140 g/mol. The van der Waals surface area contributed by atoms with Gasteiger partial charge in [0, 0.05) is 19.3 Å². The quantitative estimate of drug-likeness (QED) is 0.0261. The molecule has 0 rings (SSSR count). The van der Waals surface area contributed by atoms with Gasteiger partial charge >= 0.3 is 17.9 Å². The molecule has 474 valence electrons. The van der Waals surface area contributed by atoms with E-state index in [0.29, 0.717) is 19.3 Å². The zero-order chi connectivity index (χ0) is 58.5. The molecule has 0 aromatic heterocycles. The van der Waals surface area contributed by atoms with Crippen molar-refractivity contribution in [3.05, 3.63) is 48.6 Å². The molecule has 0 bridgehead atoms. The van der Waals surface area contributed by atoms with Crippen LogP contribution in [0.3, 0.4) is 0 Å². The van der Waals surface area contributed by atoms with E-state index >= 15 is 0 Å². The van der Waals surface area contributed by atoms with Crippen LogP contribution in [0.4, 0.5) is 0 Å². The molecule has 0 aliphatic carbocycles. The highest BCUT2D eigenvalue weighted by atomic mass is 16.6. The van der Waals surface area contributed by atoms with Crippen molar-refractivity contribution in [3.8, 4) is 0 Å². The summed E-state index contributed by atoms with van der Waals surface area (Å²) in [6, 6.07) is 0. The summed E-state index contributed by atoms with van der Waals surface area (Å²) in [7, 11) is 0. The fraction of sp³-hybridized carbons (Fsp3) is 0.853. The number of allylic oxidation sites excluding steroid dienone is 8. The van der Waals surface area contributed by atoms with Gasteiger partial charge in [0.2, 0.25) is 0 Å². The second-order valence-electron chi connectivity index (χ2n) is 24.5. The predicted octanol–water partition coefficient (Wildman–Crippen LogP) is 24.9. The minimum atomic E-state index is -0.782. The number of esters is 3. The van der Waals surface area contributed by atoms with Crippen LogP contribution in [0.25, 0.3) is 0 Å². The van der Waals surface area contributed by atoms with Crippen molar-refractivity contribution in [1.29, 1.82) is 0 Å². The van der Waals surface area contributed by atoms with E-state index in [9.17, 15) is 14.4 Å². The summed E-state index contributed by atoms with van der Waals surface area (Å²) in [5.41, 5.74) is 0. The predicted molar refractivity (Wildman–Crippen MR) is 353 cm³/mol. The number of rotatable bonds is 67. The maximum atomic E-state index is 13.0. The van der Waals surface area contributed by atoms with E-state index < -0.39 is 6.10 Å². The molecule has 0 aromatic carbocycles. The van der Waals surface area contributed by atoms with Crippen LogP contribution < -0.4 is 0 Å². The van der Waals surface area contributed by atoms with Crippen LogP contribution in [-0.2, 0) is 28.6 Å². The fourth-order valence-corrected chi connectivity index (χ4v) is 11.0. The lowest BCUT2D eigenvalue weighted by molar-refractivity contribution is -0.167. The third-order valence-corrected chi connectivity index (χ3v) is 16.3. The van der Waals surface area contributed by atoms with Crippen LogP contribution in [0.5, 0.6) is 0 Å². The summed E-state index contributed by atoms with van der Waals surface area (Å²) >= 11 is 0. The lowest BCUT2D eigenvalue weighted by Crippen LogP contribution is -2.30. The van der Waals surface area contributed by atoms with Gasteiger partial charge in [0.15, 0.2) is 6.10 Å². The van der Waals surface area contributed by atoms with E-state index in [4.69, 9.17) is 14.2 Å². The molecule has 0 saturated carbocycles. The third kappa shape index (κ3) is 68.0. The number of carbonyl (C=O) groups excluding carboxylic acids is 3. The van der Waals surface area contributed by atoms with Crippen LogP contribution in [0, 0.1) is 0 Å². The highest BCUT2D eigenvalue weighted by Crippen LogP contribution is 2.19. The molecule has 0 saturated heterocycles. The van der Waals surface area contributed by atoms with E-state index in [0.717, 1.165) is 96.3 Å². The number of hydrogen-bond acceptors (Lipinski definition) is 6. The molecule has 6 nitrogen and oxygen atoms in total. The van der Waals surface area contributed by atoms with Crippen molar-refractivity contribution >= 4 is 17.9 Å². The van der Waals surface area contributed by atoms with Gasteiger partial charge in [-0.2, -0.15) is 0 Å². The Balaban J connectivity index is 4.28. The van der Waals surface area contributed by atoms with Gasteiger partial charge in [-0.3, -0.25) is 14.4 Å². The van der Waals surface area contributed by atoms with Crippen LogP contribution in [0.2, 0.25) is 0 Å². The van der Waals surface area contributed by atoms with Crippen LogP contribution >= 0.6 is 0 Å². The topological polar surface area (TPSA) is 78.9 Å². The largest absolute Gasteiger partial charge is 0.462 e. The van der Waals surface area contributed by atoms with Gasteiger partial charge in [-0.1, -0.05) is 365 Å². The second-order valence-corrected chi connectivity index (χ2v) is 24.5. The molecule has 0 spiro atoms. The highest BCUT2D eigenvalue weighted by molar-refractivity contribution is 5.71. The zero-order valence-corrected chi connectivity index (χ0v) is 54.6. The highest BCUT2D eigenvalue weighted by Gasteiger charge is 2.19. The first kappa shape index (κ1) is 78.4. The van der Waals surface area contributed by atoms with Gasteiger partial charge in [-0.05, 0) is 57.8 Å². The maximum absolute atomic E-state index is 13.0. The summed E-state index contributed by atoms with van der Waals surface area (Å²) < 4.78 is 17.0. The Kier molecular flexibility index (Phi) is 67.6. The average molecular weight is 1140 g/mol. The Morgan fingerprint density at radius 3 is 0.753 bits per heavy atom. The van der Waals surface area contributed by atoms with Gasteiger partial charge < -0.3 is 14.2 Å². The number of unbranched alkanes of at least 4 members (excludes halogenated alkanes) is 48. The van der Waals surface area contributed by atoms with Crippen LogP contribution in [0.15, 0.2) is 48.6 Å². The summed E-state index contributed by atoms with van der Waals surface area (Å²) in [5.74, 6) is -0.870. The molecule has 81 heavy (non-hydrogen) atoms. The lowest BCUT2D eigenvalue weighted by Gasteiger charge is -2.18. The first-order valence-corrected chi connectivity index (χ1v) is 36.1. The molecular formula is C75H138O6. The van der Waals surface area contributed by atoms with Crippen LogP contribution in [-0.4, -0.2) is 37.2 Å². The standard InChI is InChI=1S/C75H138O6/c1-4-7-10-13-16-19-22-25-28-31-33-35-36-37-38-39-40-42-44-47-50-53-56-59-62-65-68-74(77)80-71-72(70-79-73(76)67-64-61-58-55-52-49-46-43-30-27-24-21-18-15-12-9-6-3)81-75(78)69-66-63-60-57-54-51-48-45-41-34-32-29-26-23-20-17-14-11-8-5-2/h9,12,18,21,27,30,46,49,72H,4-8,10-11,13-17,19-20,22-26,28-29,31-45,47-48,50-71H2,1-3H3/b12-9-,21-18-,30-27-,49-46-. The van der Waals surface area contributed by atoms with Gasteiger partial charge in [-0.25, -0.2) is 0 Å². The lowest BCUT2D eigenvalue weighted by atomic mass is 10.0. The Hall–Kier alpha value is -2.63. The van der Waals surface area contributed by atoms with Gasteiger partial charge in [0.05, 0.1) is 0 Å². The van der Waals surface area contributed by atoms with Crippen molar-refractivity contribution in [2.45, 2.75) is 399 Å². The number of ether oxygens (including phenoxy) is 3. The molecular weight excluding hydrogens is 997 g/mol. The first-order valence-electron chi connectivity index (χ1n) is 36.1. The summed E-state index contributed by atoms with van der Waals surface area (Å²) in [6.45, 7) is 6.59. The van der Waals surface area contributed by atoms with E-state index in [1.807, 2.05) is 0 Å². The van der Waals surface area contributed by atoms with Crippen molar-refractivity contribution in [2.24, 2.45) is 0 Å². The maximum Gasteiger partial charge on any atom is 0.306 e. The Bertz CT molecular complexity index is 1400. The van der Waals surface area contributed by atoms with Crippen molar-refractivity contribution < 1.29 is 28.6 Å². The van der Waals surface area contributed by atoms with E-state index in [-0.39, 0.29) is 31.1 Å². The number of carbonyl (C=O) groups is 3. The van der Waals surface area contributed by atoms with Crippen molar-refractivity contribution in [1.82, 2.24) is 0 Å². The summed E-state index contributed by atoms with van der Waals surface area (Å²) in [6.07, 6.45) is 88.6. The molecule has 0 aromatic rings. The van der Waals surface area contributed by atoms with Crippen molar-refractivity contribution in [3.63, 3.8) is 0 Å². The van der Waals surface area contributed by atoms with E-state index in [1.54, 1.807) is 0 Å². The van der Waals surface area contributed by atoms with E-state index in [2.05, 4.69) is 69.4 Å². The first-order chi connectivity index (χ1) is 40.0. The minimum Gasteiger partial charge on any atom is -0.462 e. The normalized spacial score (nSPS) is 12.3. The van der Waals surface area contributed by atoms with E-state index in [1.165, 1.54) is 257 Å². The average Bonchev–Trinajstić information content (AvgIpc) is 3.47. The van der Waals surface area contributed by atoms with Gasteiger partial charge in [-0.15, -0.1) is 0 Å². The molecule has 0 N–H and O–H groups in total. The molecule has 0 aliphatic rings. The Morgan fingerprint density at radius 2 is 0.481 bits per heavy atom. The number of hydrogen-bond donors (Lipinski definition) is 0. The zero-order valence-electron chi connectivity index (χ0n) is 54.6. The Morgan fingerprint density at radius 1 is 0.259 bits per heavy atom. The van der Waals surface area contributed by atoms with Crippen molar-refractivity contribution in [2.75, 3.05) is 13.2 Å². The smallest absolute Gasteiger partial charge is 0.306 e. The molecule has 6 heteroatoms. The molecule has 0 aliphatic heterocycles. The molecule has 0 amide bonds. The van der Waals surface area contributed by atoms with Gasteiger partial charge in [0.25, 0.3) is 0 Å². The Labute approximate surface area is 505 Å². The minimum absolute atomic E-state index is 0.0755. The summed E-state index contributed by atoms with van der Waals surface area (Å²) in [5, 5.41) is 0. The molecule has 0 heterocycles. The SMILES string of the molecule is CC/C=C\C/C=C\C/C=C\C/C=C\CCCCCCC(=O)OCC(COC(=O)CCCCCCCCCCCCCCCCCCCCCCCCCCCC)OC(=O)CCCCCCCCCCCCCCCCCCCCCC. The molecule has 1 atom stereocenters.